The summed E-state index contributed by atoms with van der Waals surface area (Å²) in [5.74, 6) is 0.608. The van der Waals surface area contributed by atoms with E-state index < -0.39 is 0 Å². The van der Waals surface area contributed by atoms with Gasteiger partial charge in [-0.3, -0.25) is 4.90 Å². The molecule has 0 N–H and O–H groups in total. The molecule has 1 saturated heterocycles. The average Bonchev–Trinajstić information content (AvgIpc) is 2.89. The van der Waals surface area contributed by atoms with E-state index in [0.29, 0.717) is 6.61 Å². The molecule has 1 aliphatic heterocycles. The number of benzene rings is 1. The summed E-state index contributed by atoms with van der Waals surface area (Å²) in [6.07, 6.45) is 3.66. The van der Waals surface area contributed by atoms with E-state index in [9.17, 15) is 4.79 Å². The zero-order chi connectivity index (χ0) is 14.4. The number of hydrogen-bond donors (Lipinski definition) is 0. The number of nitrogens with zero attached hydrogens (tertiary/aromatic N) is 1. The van der Waals surface area contributed by atoms with E-state index in [-0.39, 0.29) is 12.0 Å². The van der Waals surface area contributed by atoms with Gasteiger partial charge < -0.3 is 4.74 Å². The first-order chi connectivity index (χ1) is 9.76. The van der Waals surface area contributed by atoms with Gasteiger partial charge in [0, 0.05) is 6.54 Å². The topological polar surface area (TPSA) is 29.5 Å². The van der Waals surface area contributed by atoms with E-state index in [1.165, 1.54) is 19.3 Å². The van der Waals surface area contributed by atoms with Crippen LogP contribution in [0.4, 0.5) is 0 Å². The second-order valence-corrected chi connectivity index (χ2v) is 5.50. The highest BCUT2D eigenvalue weighted by Gasteiger charge is 2.33. The van der Waals surface area contributed by atoms with Crippen molar-refractivity contribution >= 4 is 5.97 Å². The van der Waals surface area contributed by atoms with Crippen molar-refractivity contribution in [2.24, 2.45) is 5.92 Å². The molecule has 1 aromatic rings. The summed E-state index contributed by atoms with van der Waals surface area (Å²) in [6.45, 7) is 6.52. The summed E-state index contributed by atoms with van der Waals surface area (Å²) in [5, 5.41) is 0. The number of ether oxygens (including phenoxy) is 1. The summed E-state index contributed by atoms with van der Waals surface area (Å²) >= 11 is 0. The van der Waals surface area contributed by atoms with Gasteiger partial charge in [-0.05, 0) is 37.8 Å². The Morgan fingerprint density at radius 3 is 2.75 bits per heavy atom. The van der Waals surface area contributed by atoms with Gasteiger partial charge in [0.1, 0.15) is 6.04 Å². The van der Waals surface area contributed by atoms with Gasteiger partial charge >= 0.3 is 5.97 Å². The second-order valence-electron chi connectivity index (χ2n) is 5.50. The van der Waals surface area contributed by atoms with E-state index in [1.807, 2.05) is 37.3 Å². The summed E-state index contributed by atoms with van der Waals surface area (Å²) < 4.78 is 5.29. The van der Waals surface area contributed by atoms with Gasteiger partial charge in [0.05, 0.1) is 6.61 Å². The number of hydrogen-bond acceptors (Lipinski definition) is 3. The molecule has 2 rings (SSSR count). The first-order valence-corrected chi connectivity index (χ1v) is 7.71. The number of esters is 1. The van der Waals surface area contributed by atoms with Crippen LogP contribution in [-0.4, -0.2) is 30.6 Å². The molecule has 0 spiro atoms. The first kappa shape index (κ1) is 15.0. The monoisotopic (exact) mass is 275 g/mol. The molecule has 3 nitrogen and oxygen atoms in total. The van der Waals surface area contributed by atoms with Crippen LogP contribution < -0.4 is 0 Å². The van der Waals surface area contributed by atoms with E-state index in [4.69, 9.17) is 4.74 Å². The Balaban J connectivity index is 2.13. The zero-order valence-electron chi connectivity index (χ0n) is 12.5. The van der Waals surface area contributed by atoms with Crippen LogP contribution in [0.2, 0.25) is 0 Å². The molecule has 0 bridgehead atoms. The van der Waals surface area contributed by atoms with Crippen molar-refractivity contribution in [3.05, 3.63) is 35.9 Å². The maximum Gasteiger partial charge on any atom is 0.327 e. The fraction of sp³-hybridized carbons (Fsp3) is 0.588. The summed E-state index contributed by atoms with van der Waals surface area (Å²) in [5.41, 5.74) is 1.04. The van der Waals surface area contributed by atoms with Gasteiger partial charge in [-0.25, -0.2) is 4.79 Å². The van der Waals surface area contributed by atoms with Crippen molar-refractivity contribution in [1.82, 2.24) is 4.90 Å². The van der Waals surface area contributed by atoms with Crippen LogP contribution >= 0.6 is 0 Å². The summed E-state index contributed by atoms with van der Waals surface area (Å²) in [4.78, 5) is 14.6. The number of carbonyl (C=O) groups excluding carboxylic acids is 1. The summed E-state index contributed by atoms with van der Waals surface area (Å²) in [6, 6.07) is 9.76. The number of rotatable bonds is 6. The summed E-state index contributed by atoms with van der Waals surface area (Å²) in [7, 11) is 0. The van der Waals surface area contributed by atoms with Gasteiger partial charge in [-0.15, -0.1) is 0 Å². The Kier molecular flexibility index (Phi) is 5.60. The van der Waals surface area contributed by atoms with Crippen LogP contribution in [0.25, 0.3) is 0 Å². The van der Waals surface area contributed by atoms with Crippen molar-refractivity contribution in [2.45, 2.75) is 39.2 Å². The Morgan fingerprint density at radius 2 is 2.10 bits per heavy atom. The first-order valence-electron chi connectivity index (χ1n) is 7.71. The van der Waals surface area contributed by atoms with Crippen LogP contribution in [-0.2, 0) is 9.53 Å². The standard InChI is InChI=1S/C17H25NO2/c1-3-8-14-11-12-18(13-14)16(17(19)20-4-2)15-9-6-5-7-10-15/h5-7,9-10,14,16H,3-4,8,11-13H2,1-2H3. The molecule has 0 aliphatic carbocycles. The highest BCUT2D eigenvalue weighted by Crippen LogP contribution is 2.30. The van der Waals surface area contributed by atoms with Crippen molar-refractivity contribution < 1.29 is 9.53 Å². The van der Waals surface area contributed by atoms with Gasteiger partial charge in [0.25, 0.3) is 0 Å². The van der Waals surface area contributed by atoms with Crippen LogP contribution in [0.1, 0.15) is 44.7 Å². The van der Waals surface area contributed by atoms with E-state index in [2.05, 4.69) is 11.8 Å². The van der Waals surface area contributed by atoms with Crippen molar-refractivity contribution in [1.29, 1.82) is 0 Å². The number of likely N-dealkylation sites (tertiary alicyclic amines) is 1. The van der Waals surface area contributed by atoms with Gasteiger partial charge in [0.15, 0.2) is 0 Å². The molecule has 1 aliphatic rings. The smallest absolute Gasteiger partial charge is 0.327 e. The lowest BCUT2D eigenvalue weighted by molar-refractivity contribution is -0.149. The molecule has 20 heavy (non-hydrogen) atoms. The lowest BCUT2D eigenvalue weighted by Crippen LogP contribution is -2.33. The minimum Gasteiger partial charge on any atom is -0.465 e. The van der Waals surface area contributed by atoms with Gasteiger partial charge in [-0.1, -0.05) is 43.7 Å². The van der Waals surface area contributed by atoms with Crippen LogP contribution in [0.3, 0.4) is 0 Å². The van der Waals surface area contributed by atoms with E-state index in [0.717, 1.165) is 24.6 Å². The maximum absolute atomic E-state index is 12.3. The van der Waals surface area contributed by atoms with Gasteiger partial charge in [0.2, 0.25) is 0 Å². The van der Waals surface area contributed by atoms with Crippen LogP contribution in [0.5, 0.6) is 0 Å². The molecule has 0 aromatic heterocycles. The largest absolute Gasteiger partial charge is 0.465 e. The molecule has 1 heterocycles. The predicted molar refractivity (Wildman–Crippen MR) is 80.4 cm³/mol. The highest BCUT2D eigenvalue weighted by molar-refractivity contribution is 5.77. The second kappa shape index (κ2) is 7.44. The normalized spacial score (nSPS) is 20.8. The number of carbonyl (C=O) groups is 1. The molecular formula is C17H25NO2. The minimum absolute atomic E-state index is 0.115. The van der Waals surface area contributed by atoms with Crippen molar-refractivity contribution in [3.8, 4) is 0 Å². The fourth-order valence-corrected chi connectivity index (χ4v) is 3.09. The zero-order valence-corrected chi connectivity index (χ0v) is 12.5. The van der Waals surface area contributed by atoms with Gasteiger partial charge in [-0.2, -0.15) is 0 Å². The molecule has 0 saturated carbocycles. The quantitative estimate of drug-likeness (QED) is 0.745. The molecule has 1 fully saturated rings. The molecule has 1 aromatic carbocycles. The van der Waals surface area contributed by atoms with E-state index in [1.54, 1.807) is 0 Å². The Morgan fingerprint density at radius 1 is 1.35 bits per heavy atom. The molecular weight excluding hydrogens is 250 g/mol. The highest BCUT2D eigenvalue weighted by atomic mass is 16.5. The van der Waals surface area contributed by atoms with Crippen molar-refractivity contribution in [2.75, 3.05) is 19.7 Å². The molecule has 2 atom stereocenters. The maximum atomic E-state index is 12.3. The molecule has 0 amide bonds. The average molecular weight is 275 g/mol. The van der Waals surface area contributed by atoms with Crippen molar-refractivity contribution in [3.63, 3.8) is 0 Å². The Hall–Kier alpha value is -1.35. The molecule has 2 unspecified atom stereocenters. The van der Waals surface area contributed by atoms with E-state index >= 15 is 0 Å². The third kappa shape index (κ3) is 3.60. The third-order valence-electron chi connectivity index (χ3n) is 4.00. The lowest BCUT2D eigenvalue weighted by atomic mass is 10.0. The van der Waals surface area contributed by atoms with Crippen LogP contribution in [0, 0.1) is 5.92 Å². The lowest BCUT2D eigenvalue weighted by Gasteiger charge is -2.26. The fourth-order valence-electron chi connectivity index (χ4n) is 3.09. The predicted octanol–water partition coefficient (Wildman–Crippen LogP) is 3.41. The minimum atomic E-state index is -0.238. The Bertz CT molecular complexity index is 418. The SMILES string of the molecule is CCCC1CCN(C(C(=O)OCC)c2ccccc2)C1. The third-order valence-corrected chi connectivity index (χ3v) is 4.00. The Labute approximate surface area is 121 Å². The molecule has 0 radical (unpaired) electrons. The molecule has 3 heteroatoms. The molecule has 110 valence electrons. The van der Waals surface area contributed by atoms with Crippen LogP contribution in [0.15, 0.2) is 30.3 Å².